The van der Waals surface area contributed by atoms with Crippen LogP contribution in [0.5, 0.6) is 11.5 Å². The third-order valence-corrected chi connectivity index (χ3v) is 8.14. The van der Waals surface area contributed by atoms with Gasteiger partial charge >= 0.3 is 0 Å². The molecular weight excluding hydrogens is 598 g/mol. The summed E-state index contributed by atoms with van der Waals surface area (Å²) in [6, 6.07) is 31.0. The lowest BCUT2D eigenvalue weighted by molar-refractivity contribution is -0.140. The summed E-state index contributed by atoms with van der Waals surface area (Å²) in [6.45, 7) is 3.25. The van der Waals surface area contributed by atoms with Gasteiger partial charge in [-0.05, 0) is 73.5 Å². The van der Waals surface area contributed by atoms with Crippen molar-refractivity contribution in [3.05, 3.63) is 125 Å². The molecule has 44 heavy (non-hydrogen) atoms. The van der Waals surface area contributed by atoms with Crippen molar-refractivity contribution in [2.75, 3.05) is 17.1 Å². The second-order valence-corrected chi connectivity index (χ2v) is 13.0. The Balaban J connectivity index is 1.67. The van der Waals surface area contributed by atoms with E-state index in [4.69, 9.17) is 16.3 Å². The van der Waals surface area contributed by atoms with Crippen molar-refractivity contribution in [2.45, 2.75) is 38.9 Å². The third kappa shape index (κ3) is 9.33. The fourth-order valence-electron chi connectivity index (χ4n) is 4.64. The van der Waals surface area contributed by atoms with E-state index in [0.717, 1.165) is 21.7 Å². The fraction of sp³-hybridized carbons (Fsp3) is 0.235. The predicted molar refractivity (Wildman–Crippen MR) is 174 cm³/mol. The molecule has 4 rings (SSSR count). The molecule has 0 spiro atoms. The number of nitrogens with one attached hydrogen (secondary N) is 1. The number of nitrogens with zero attached hydrogens (tertiary/aromatic N) is 2. The second-order valence-electron chi connectivity index (χ2n) is 10.7. The average Bonchev–Trinajstić information content (AvgIpc) is 2.99. The van der Waals surface area contributed by atoms with Crippen LogP contribution in [-0.4, -0.2) is 50.0 Å². The molecule has 8 nitrogen and oxygen atoms in total. The van der Waals surface area contributed by atoms with E-state index in [1.807, 2.05) is 74.5 Å². The Hall–Kier alpha value is -4.34. The van der Waals surface area contributed by atoms with Crippen LogP contribution < -0.4 is 14.4 Å². The molecule has 0 unspecified atom stereocenters. The van der Waals surface area contributed by atoms with E-state index in [1.54, 1.807) is 48.5 Å². The number of carbonyl (C=O) groups is 2. The van der Waals surface area contributed by atoms with Gasteiger partial charge in [0, 0.05) is 24.0 Å². The zero-order valence-electron chi connectivity index (χ0n) is 24.9. The van der Waals surface area contributed by atoms with Crippen LogP contribution in [0.1, 0.15) is 25.0 Å². The Kier molecular flexibility index (Phi) is 11.0. The van der Waals surface area contributed by atoms with Crippen molar-refractivity contribution in [3.63, 3.8) is 0 Å². The molecule has 4 aromatic rings. The molecule has 0 heterocycles. The lowest BCUT2D eigenvalue weighted by Crippen LogP contribution is -2.54. The van der Waals surface area contributed by atoms with Crippen LogP contribution in [0.3, 0.4) is 0 Å². The summed E-state index contributed by atoms with van der Waals surface area (Å²) < 4.78 is 32.9. The van der Waals surface area contributed by atoms with Crippen LogP contribution in [0.4, 0.5) is 5.69 Å². The van der Waals surface area contributed by atoms with Crippen LogP contribution in [-0.2, 0) is 32.6 Å². The highest BCUT2D eigenvalue weighted by Crippen LogP contribution is 2.26. The quantitative estimate of drug-likeness (QED) is 0.193. The first kappa shape index (κ1) is 32.6. The van der Waals surface area contributed by atoms with E-state index in [2.05, 4.69) is 5.32 Å². The zero-order valence-corrected chi connectivity index (χ0v) is 26.5. The van der Waals surface area contributed by atoms with E-state index in [1.165, 1.54) is 4.90 Å². The molecule has 0 aliphatic heterocycles. The molecule has 1 N–H and O–H groups in total. The predicted octanol–water partition coefficient (Wildman–Crippen LogP) is 6.06. The van der Waals surface area contributed by atoms with E-state index in [0.29, 0.717) is 22.2 Å². The lowest BCUT2D eigenvalue weighted by Gasteiger charge is -2.34. The summed E-state index contributed by atoms with van der Waals surface area (Å²) in [5.74, 6) is 0.282. The molecule has 0 saturated heterocycles. The normalized spacial score (nSPS) is 11.9. The lowest BCUT2D eigenvalue weighted by atomic mass is 10.0. The molecule has 230 valence electrons. The minimum absolute atomic E-state index is 0.0699. The number of carbonyl (C=O) groups excluding carboxylic acids is 2. The summed E-state index contributed by atoms with van der Waals surface area (Å²) in [5, 5.41) is 3.47. The topological polar surface area (TPSA) is 96.0 Å². The first-order valence-electron chi connectivity index (χ1n) is 14.2. The van der Waals surface area contributed by atoms with Gasteiger partial charge < -0.3 is 15.0 Å². The second kappa shape index (κ2) is 14.9. The van der Waals surface area contributed by atoms with Crippen molar-refractivity contribution < 1.29 is 22.7 Å². The maximum Gasteiger partial charge on any atom is 0.244 e. The SMILES string of the molecule is CC(C)NC(=O)[C@H](Cc1ccccc1)N(Cc1ccc(Cl)cc1)C(=O)CN(c1ccc(Oc2ccccc2)cc1)S(C)(=O)=O. The largest absolute Gasteiger partial charge is 0.457 e. The van der Waals surface area contributed by atoms with Crippen LogP contribution in [0.15, 0.2) is 109 Å². The molecule has 2 amide bonds. The Morgan fingerprint density at radius 3 is 1.93 bits per heavy atom. The number of amides is 2. The van der Waals surface area contributed by atoms with Crippen molar-refractivity contribution in [3.8, 4) is 11.5 Å². The van der Waals surface area contributed by atoms with Crippen molar-refractivity contribution in [1.29, 1.82) is 0 Å². The molecule has 0 aliphatic rings. The van der Waals surface area contributed by atoms with Gasteiger partial charge in [-0.15, -0.1) is 0 Å². The first-order chi connectivity index (χ1) is 21.0. The number of sulfonamides is 1. The van der Waals surface area contributed by atoms with Gasteiger partial charge in [-0.1, -0.05) is 72.3 Å². The summed E-state index contributed by atoms with van der Waals surface area (Å²) in [7, 11) is -3.89. The molecule has 0 fully saturated rings. The third-order valence-electron chi connectivity index (χ3n) is 6.75. The van der Waals surface area contributed by atoms with Gasteiger partial charge in [0.1, 0.15) is 24.1 Å². The number of rotatable bonds is 13. The first-order valence-corrected chi connectivity index (χ1v) is 16.4. The number of benzene rings is 4. The van der Waals surface area contributed by atoms with Gasteiger partial charge in [0.25, 0.3) is 0 Å². The summed E-state index contributed by atoms with van der Waals surface area (Å²) in [6.07, 6.45) is 1.29. The Morgan fingerprint density at radius 1 is 0.795 bits per heavy atom. The molecule has 0 radical (unpaired) electrons. The molecule has 0 aliphatic carbocycles. The molecular formula is C34H36ClN3O5S. The highest BCUT2D eigenvalue weighted by molar-refractivity contribution is 7.92. The molecule has 1 atom stereocenters. The molecule has 0 aromatic heterocycles. The number of para-hydroxylation sites is 1. The number of ether oxygens (including phenoxy) is 1. The van der Waals surface area contributed by atoms with Gasteiger partial charge in [0.2, 0.25) is 21.8 Å². The summed E-state index contributed by atoms with van der Waals surface area (Å²) in [5.41, 5.74) is 1.89. The molecule has 0 saturated carbocycles. The van der Waals surface area contributed by atoms with Gasteiger partial charge in [0.15, 0.2) is 0 Å². The van der Waals surface area contributed by atoms with Crippen LogP contribution >= 0.6 is 11.6 Å². The van der Waals surface area contributed by atoms with Crippen LogP contribution in [0.2, 0.25) is 5.02 Å². The summed E-state index contributed by atoms with van der Waals surface area (Å²) in [4.78, 5) is 29.2. The van der Waals surface area contributed by atoms with E-state index < -0.39 is 28.5 Å². The van der Waals surface area contributed by atoms with Crippen molar-refractivity contribution >= 4 is 39.1 Å². The molecule has 4 aromatic carbocycles. The van der Waals surface area contributed by atoms with Crippen molar-refractivity contribution in [1.82, 2.24) is 10.2 Å². The van der Waals surface area contributed by atoms with Gasteiger partial charge in [-0.3, -0.25) is 13.9 Å². The number of anilines is 1. The minimum Gasteiger partial charge on any atom is -0.457 e. The van der Waals surface area contributed by atoms with Gasteiger partial charge in [-0.2, -0.15) is 0 Å². The Bertz CT molecular complexity index is 1630. The maximum absolute atomic E-state index is 14.2. The van der Waals surface area contributed by atoms with E-state index in [9.17, 15) is 18.0 Å². The monoisotopic (exact) mass is 633 g/mol. The molecule has 10 heteroatoms. The van der Waals surface area contributed by atoms with E-state index in [-0.39, 0.29) is 24.9 Å². The van der Waals surface area contributed by atoms with Gasteiger partial charge in [-0.25, -0.2) is 8.42 Å². The maximum atomic E-state index is 14.2. The standard InChI is InChI=1S/C34H36ClN3O5S/c1-25(2)36-34(40)32(22-26-10-6-4-7-11-26)37(23-27-14-16-28(35)17-15-27)33(39)24-38(44(3,41)42)29-18-20-31(21-19-29)43-30-12-8-5-9-13-30/h4-21,25,32H,22-24H2,1-3H3,(H,36,40)/t32-/m0/s1. The Morgan fingerprint density at radius 2 is 1.36 bits per heavy atom. The van der Waals surface area contributed by atoms with Crippen LogP contribution in [0.25, 0.3) is 0 Å². The summed E-state index contributed by atoms with van der Waals surface area (Å²) >= 11 is 6.10. The average molecular weight is 634 g/mol. The molecule has 0 bridgehead atoms. The fourth-order valence-corrected chi connectivity index (χ4v) is 5.62. The number of halogens is 1. The highest BCUT2D eigenvalue weighted by Gasteiger charge is 2.33. The Labute approximate surface area is 264 Å². The van der Waals surface area contributed by atoms with Crippen molar-refractivity contribution in [2.24, 2.45) is 0 Å². The number of hydrogen-bond acceptors (Lipinski definition) is 5. The van der Waals surface area contributed by atoms with Crippen LogP contribution in [0, 0.1) is 0 Å². The minimum atomic E-state index is -3.89. The zero-order chi connectivity index (χ0) is 31.7. The van der Waals surface area contributed by atoms with Gasteiger partial charge in [0.05, 0.1) is 11.9 Å². The highest BCUT2D eigenvalue weighted by atomic mass is 35.5. The number of hydrogen-bond donors (Lipinski definition) is 1. The van der Waals surface area contributed by atoms with E-state index >= 15 is 0 Å². The smallest absolute Gasteiger partial charge is 0.244 e.